The van der Waals surface area contributed by atoms with Crippen molar-refractivity contribution >= 4 is 23.2 Å². The van der Waals surface area contributed by atoms with E-state index in [2.05, 4.69) is 43.5 Å². The number of rotatable bonds is 6. The lowest BCUT2D eigenvalue weighted by atomic mass is 9.99. The Bertz CT molecular complexity index is 1430. The van der Waals surface area contributed by atoms with E-state index in [1.54, 1.807) is 6.07 Å². The molecule has 1 amide bonds. The summed E-state index contributed by atoms with van der Waals surface area (Å²) < 4.78 is 26.8. The van der Waals surface area contributed by atoms with E-state index in [0.717, 1.165) is 62.9 Å². The highest BCUT2D eigenvalue weighted by Gasteiger charge is 2.52. The van der Waals surface area contributed by atoms with Gasteiger partial charge in [-0.3, -0.25) is 4.79 Å². The number of halogens is 1. The van der Waals surface area contributed by atoms with Gasteiger partial charge in [0.1, 0.15) is 17.5 Å². The van der Waals surface area contributed by atoms with Crippen LogP contribution in [0.25, 0.3) is 11.3 Å². The number of likely N-dealkylation sites (N-methyl/N-ethyl adjacent to an activating group) is 1. The topological polar surface area (TPSA) is 91.9 Å². The molecule has 0 radical (unpaired) electrons. The fraction of sp³-hybridized carbons (Fsp3) is 0.414. The number of aromatic nitrogens is 2. The van der Waals surface area contributed by atoms with Crippen molar-refractivity contribution in [2.24, 2.45) is 0 Å². The van der Waals surface area contributed by atoms with Gasteiger partial charge in [-0.15, -0.1) is 0 Å². The maximum Gasteiger partial charge on any atom is 0.252 e. The predicted octanol–water partition coefficient (Wildman–Crippen LogP) is 3.68. The van der Waals surface area contributed by atoms with Crippen molar-refractivity contribution < 1.29 is 18.7 Å². The molecule has 3 aliphatic heterocycles. The molecule has 0 bridgehead atoms. The molecule has 4 aliphatic rings. The third kappa shape index (κ3) is 4.57. The molecule has 4 heterocycles. The summed E-state index contributed by atoms with van der Waals surface area (Å²) in [6.45, 7) is 5.06. The summed E-state index contributed by atoms with van der Waals surface area (Å²) in [5.74, 6) is 0.251. The van der Waals surface area contributed by atoms with Gasteiger partial charge < -0.3 is 29.9 Å². The van der Waals surface area contributed by atoms with Crippen molar-refractivity contribution in [3.63, 3.8) is 0 Å². The Morgan fingerprint density at radius 3 is 2.77 bits per heavy atom. The summed E-state index contributed by atoms with van der Waals surface area (Å²) >= 11 is 0. The number of nitrogens with zero attached hydrogens (tertiary/aromatic N) is 4. The minimum absolute atomic E-state index is 0.0305. The van der Waals surface area contributed by atoms with Crippen LogP contribution in [0.5, 0.6) is 5.75 Å². The molecule has 10 heteroatoms. The highest BCUT2D eigenvalue weighted by atomic mass is 19.1. The van der Waals surface area contributed by atoms with Gasteiger partial charge in [0.2, 0.25) is 5.95 Å². The second-order valence-corrected chi connectivity index (χ2v) is 10.9. The van der Waals surface area contributed by atoms with Crippen LogP contribution >= 0.6 is 0 Å². The minimum atomic E-state index is -0.550. The van der Waals surface area contributed by atoms with Gasteiger partial charge in [-0.2, -0.15) is 0 Å². The van der Waals surface area contributed by atoms with Crippen molar-refractivity contribution in [1.29, 1.82) is 0 Å². The first kappa shape index (κ1) is 24.3. The van der Waals surface area contributed by atoms with E-state index in [0.29, 0.717) is 35.8 Å². The first-order valence-corrected chi connectivity index (χ1v) is 13.6. The van der Waals surface area contributed by atoms with Gasteiger partial charge in [-0.1, -0.05) is 12.1 Å². The molecule has 7 rings (SSSR count). The number of carbonyl (C=O) groups is 1. The Morgan fingerprint density at radius 2 is 2.00 bits per heavy atom. The van der Waals surface area contributed by atoms with Crippen LogP contribution in [-0.2, 0) is 10.3 Å². The molecular formula is C29H31FN6O3. The van der Waals surface area contributed by atoms with Gasteiger partial charge in [0.15, 0.2) is 5.82 Å². The molecular weight excluding hydrogens is 499 g/mol. The van der Waals surface area contributed by atoms with Crippen molar-refractivity contribution in [2.75, 3.05) is 56.7 Å². The Morgan fingerprint density at radius 1 is 1.15 bits per heavy atom. The van der Waals surface area contributed by atoms with Crippen molar-refractivity contribution in [2.45, 2.75) is 30.9 Å². The van der Waals surface area contributed by atoms with E-state index in [-0.39, 0.29) is 29.2 Å². The molecule has 2 N–H and O–H groups in total. The normalized spacial score (nSPS) is 21.6. The number of benzene rings is 2. The molecule has 39 heavy (non-hydrogen) atoms. The molecule has 2 aromatic carbocycles. The van der Waals surface area contributed by atoms with E-state index >= 15 is 0 Å². The van der Waals surface area contributed by atoms with Gasteiger partial charge in [0.25, 0.3) is 5.91 Å². The molecule has 1 aromatic heterocycles. The van der Waals surface area contributed by atoms with Gasteiger partial charge in [-0.05, 0) is 49.7 Å². The van der Waals surface area contributed by atoms with E-state index in [4.69, 9.17) is 9.47 Å². The standard InChI is InChI=1S/C29H31FN6O3/c1-35-9-11-36(12-10-35)19-3-5-25(39-20-6-13-38-17-20)24(15-19)32-28-31-16-23(30)26(33-28)18-2-4-22-21(14-18)27(37)34-29(22)7-8-29/h2-5,14-16,20H,6-13,17H2,1H3,(H,34,37)(H,31,32,33). The molecule has 1 aliphatic carbocycles. The lowest BCUT2D eigenvalue weighted by Gasteiger charge is -2.34. The molecule has 1 atom stereocenters. The zero-order valence-corrected chi connectivity index (χ0v) is 21.9. The predicted molar refractivity (Wildman–Crippen MR) is 145 cm³/mol. The van der Waals surface area contributed by atoms with Crippen LogP contribution in [0.4, 0.5) is 21.7 Å². The summed E-state index contributed by atoms with van der Waals surface area (Å²) in [5, 5.41) is 6.36. The average Bonchev–Trinajstić information content (AvgIpc) is 3.42. The molecule has 1 spiro atoms. The van der Waals surface area contributed by atoms with Crippen LogP contribution in [0.3, 0.4) is 0 Å². The second-order valence-electron chi connectivity index (χ2n) is 10.9. The summed E-state index contributed by atoms with van der Waals surface area (Å²) in [6.07, 6.45) is 3.83. The molecule has 2 saturated heterocycles. The molecule has 202 valence electrons. The van der Waals surface area contributed by atoms with Crippen LogP contribution in [0.1, 0.15) is 35.2 Å². The van der Waals surface area contributed by atoms with Crippen LogP contribution < -0.4 is 20.3 Å². The Kier molecular flexibility index (Phi) is 5.89. The Hall–Kier alpha value is -3.76. The first-order chi connectivity index (χ1) is 19.0. The zero-order valence-electron chi connectivity index (χ0n) is 21.9. The number of fused-ring (bicyclic) bond motifs is 2. The highest BCUT2D eigenvalue weighted by molar-refractivity contribution is 6.01. The summed E-state index contributed by atoms with van der Waals surface area (Å²) in [4.78, 5) is 26.0. The third-order valence-corrected chi connectivity index (χ3v) is 8.16. The van der Waals surface area contributed by atoms with E-state index in [9.17, 15) is 9.18 Å². The van der Waals surface area contributed by atoms with Crippen molar-refractivity contribution in [1.82, 2.24) is 20.2 Å². The Labute approximate surface area is 226 Å². The number of piperazine rings is 1. The fourth-order valence-electron chi connectivity index (χ4n) is 5.68. The number of ether oxygens (including phenoxy) is 2. The first-order valence-electron chi connectivity index (χ1n) is 13.6. The van der Waals surface area contributed by atoms with Gasteiger partial charge in [0.05, 0.1) is 30.6 Å². The van der Waals surface area contributed by atoms with Crippen LogP contribution in [-0.4, -0.2) is 73.3 Å². The van der Waals surface area contributed by atoms with Crippen LogP contribution in [0.2, 0.25) is 0 Å². The summed E-state index contributed by atoms with van der Waals surface area (Å²) in [6, 6.07) is 11.6. The zero-order chi connectivity index (χ0) is 26.6. The SMILES string of the molecule is CN1CCN(c2ccc(OC3CCOC3)c(Nc3ncc(F)c(-c4ccc5c(c4)C(=O)NC54CC4)n3)c2)CC1. The Balaban J connectivity index is 1.20. The van der Waals surface area contributed by atoms with Crippen LogP contribution in [0.15, 0.2) is 42.6 Å². The number of amides is 1. The van der Waals surface area contributed by atoms with E-state index < -0.39 is 5.82 Å². The highest BCUT2D eigenvalue weighted by Crippen LogP contribution is 2.50. The quantitative estimate of drug-likeness (QED) is 0.499. The van der Waals surface area contributed by atoms with E-state index in [1.807, 2.05) is 24.3 Å². The molecule has 9 nitrogen and oxygen atoms in total. The summed E-state index contributed by atoms with van der Waals surface area (Å²) in [7, 11) is 2.13. The monoisotopic (exact) mass is 530 g/mol. The van der Waals surface area contributed by atoms with Crippen molar-refractivity contribution in [3.05, 3.63) is 59.5 Å². The molecule has 3 aromatic rings. The second kappa shape index (κ2) is 9.46. The summed E-state index contributed by atoms with van der Waals surface area (Å²) in [5.41, 5.74) is 3.81. The molecule has 3 fully saturated rings. The van der Waals surface area contributed by atoms with Gasteiger partial charge >= 0.3 is 0 Å². The minimum Gasteiger partial charge on any atom is -0.486 e. The number of hydrogen-bond donors (Lipinski definition) is 2. The third-order valence-electron chi connectivity index (χ3n) is 8.16. The fourth-order valence-corrected chi connectivity index (χ4v) is 5.68. The molecule has 1 unspecified atom stereocenters. The van der Waals surface area contributed by atoms with Crippen molar-refractivity contribution in [3.8, 4) is 17.0 Å². The van der Waals surface area contributed by atoms with Crippen LogP contribution in [0, 0.1) is 5.82 Å². The van der Waals surface area contributed by atoms with Gasteiger partial charge in [0, 0.05) is 49.4 Å². The largest absolute Gasteiger partial charge is 0.486 e. The number of nitrogens with one attached hydrogen (secondary N) is 2. The van der Waals surface area contributed by atoms with Gasteiger partial charge in [-0.25, -0.2) is 14.4 Å². The number of hydrogen-bond acceptors (Lipinski definition) is 8. The number of carbonyl (C=O) groups excluding carboxylic acids is 1. The maximum absolute atomic E-state index is 15.0. The van der Waals surface area contributed by atoms with E-state index in [1.165, 1.54) is 0 Å². The average molecular weight is 531 g/mol. The lowest BCUT2D eigenvalue weighted by Crippen LogP contribution is -2.44. The lowest BCUT2D eigenvalue weighted by molar-refractivity contribution is 0.0952. The molecule has 1 saturated carbocycles. The smallest absolute Gasteiger partial charge is 0.252 e. The number of anilines is 3. The maximum atomic E-state index is 15.0.